The number of hydrogen-bond acceptors (Lipinski definition) is 5. The molecule has 1 heterocycles. The number of nitriles is 1. The average molecular weight is 267 g/mol. The quantitative estimate of drug-likeness (QED) is 0.845. The summed E-state index contributed by atoms with van der Waals surface area (Å²) in [4.78, 5) is 19.5. The first-order chi connectivity index (χ1) is 9.79. The zero-order valence-electron chi connectivity index (χ0n) is 10.7. The monoisotopic (exact) mass is 267 g/mol. The first kappa shape index (κ1) is 13.5. The highest BCUT2D eigenvalue weighted by molar-refractivity contribution is 5.80. The highest BCUT2D eigenvalue weighted by Gasteiger charge is 2.06. The number of nitrogens with zero attached hydrogens (tertiary/aromatic N) is 3. The Morgan fingerprint density at radius 2 is 1.95 bits per heavy atom. The summed E-state index contributed by atoms with van der Waals surface area (Å²) in [6.45, 7) is 0.507. The molecule has 0 radical (unpaired) electrons. The molecule has 0 bridgehead atoms. The maximum atomic E-state index is 11.7. The molecule has 2 aromatic rings. The number of carbonyl (C=O) groups is 1. The fourth-order valence-electron chi connectivity index (χ4n) is 1.57. The number of nitrogens with one attached hydrogen (secondary N) is 2. The van der Waals surface area contributed by atoms with E-state index < -0.39 is 0 Å². The molecule has 0 atom stereocenters. The number of aromatic nitrogens is 2. The van der Waals surface area contributed by atoms with Crippen LogP contribution in [-0.4, -0.2) is 22.4 Å². The van der Waals surface area contributed by atoms with Gasteiger partial charge in [0.05, 0.1) is 6.54 Å². The molecular weight excluding hydrogens is 254 g/mol. The molecule has 0 fully saturated rings. The smallest absolute Gasteiger partial charge is 0.239 e. The van der Waals surface area contributed by atoms with Crippen LogP contribution < -0.4 is 10.6 Å². The van der Waals surface area contributed by atoms with Gasteiger partial charge in [-0.3, -0.25) is 4.79 Å². The molecule has 1 amide bonds. The van der Waals surface area contributed by atoms with Crippen molar-refractivity contribution in [3.8, 4) is 6.07 Å². The van der Waals surface area contributed by atoms with Gasteiger partial charge in [0.2, 0.25) is 5.91 Å². The van der Waals surface area contributed by atoms with Crippen LogP contribution in [0.3, 0.4) is 0 Å². The van der Waals surface area contributed by atoms with E-state index in [4.69, 9.17) is 5.26 Å². The second kappa shape index (κ2) is 6.85. The summed E-state index contributed by atoms with van der Waals surface area (Å²) in [6, 6.07) is 11.5. The minimum atomic E-state index is -0.177. The Bertz CT molecular complexity index is 621. The first-order valence-corrected chi connectivity index (χ1v) is 6.05. The standard InChI is InChI=1S/C14H13N5O/c15-8-12-14(17-7-6-16-12)19-10-13(20)18-9-11-4-2-1-3-5-11/h1-7H,9-10H2,(H,17,19)(H,18,20). The molecule has 0 aliphatic rings. The van der Waals surface area contributed by atoms with E-state index in [1.54, 1.807) is 0 Å². The molecule has 2 N–H and O–H groups in total. The Labute approximate surface area is 116 Å². The van der Waals surface area contributed by atoms with Gasteiger partial charge in [-0.1, -0.05) is 30.3 Å². The predicted molar refractivity (Wildman–Crippen MR) is 73.5 cm³/mol. The number of benzene rings is 1. The molecule has 0 saturated heterocycles. The molecule has 0 unspecified atom stereocenters. The number of amides is 1. The molecule has 6 heteroatoms. The van der Waals surface area contributed by atoms with Crippen LogP contribution in [0.5, 0.6) is 0 Å². The lowest BCUT2D eigenvalue weighted by molar-refractivity contribution is -0.119. The van der Waals surface area contributed by atoms with Gasteiger partial charge >= 0.3 is 0 Å². The molecule has 0 aliphatic heterocycles. The minimum absolute atomic E-state index is 0.0419. The van der Waals surface area contributed by atoms with Gasteiger partial charge < -0.3 is 10.6 Å². The fourth-order valence-corrected chi connectivity index (χ4v) is 1.57. The van der Waals surface area contributed by atoms with Crippen molar-refractivity contribution < 1.29 is 4.79 Å². The Morgan fingerprint density at radius 1 is 1.20 bits per heavy atom. The lowest BCUT2D eigenvalue weighted by Crippen LogP contribution is -2.29. The van der Waals surface area contributed by atoms with Crippen LogP contribution in [0.1, 0.15) is 11.3 Å². The van der Waals surface area contributed by atoms with Crippen LogP contribution in [0, 0.1) is 11.3 Å². The molecule has 6 nitrogen and oxygen atoms in total. The van der Waals surface area contributed by atoms with E-state index >= 15 is 0 Å². The third-order valence-corrected chi connectivity index (χ3v) is 2.55. The number of anilines is 1. The summed E-state index contributed by atoms with van der Waals surface area (Å²) in [5, 5.41) is 14.4. The summed E-state index contributed by atoms with van der Waals surface area (Å²) >= 11 is 0. The van der Waals surface area contributed by atoms with Crippen molar-refractivity contribution in [1.29, 1.82) is 5.26 Å². The third kappa shape index (κ3) is 3.78. The van der Waals surface area contributed by atoms with Crippen molar-refractivity contribution in [2.75, 3.05) is 11.9 Å². The van der Waals surface area contributed by atoms with Crippen LogP contribution in [0.2, 0.25) is 0 Å². The van der Waals surface area contributed by atoms with Gasteiger partial charge in [0, 0.05) is 18.9 Å². The SMILES string of the molecule is N#Cc1nccnc1NCC(=O)NCc1ccccc1. The van der Waals surface area contributed by atoms with Crippen molar-refractivity contribution in [3.05, 3.63) is 54.0 Å². The molecule has 1 aromatic carbocycles. The second-order valence-corrected chi connectivity index (χ2v) is 3.98. The van der Waals surface area contributed by atoms with Gasteiger partial charge in [0.25, 0.3) is 0 Å². The largest absolute Gasteiger partial charge is 0.359 e. The zero-order chi connectivity index (χ0) is 14.2. The minimum Gasteiger partial charge on any atom is -0.359 e. The normalized spacial score (nSPS) is 9.55. The molecule has 0 spiro atoms. The lowest BCUT2D eigenvalue weighted by Gasteiger charge is -2.07. The van der Waals surface area contributed by atoms with Gasteiger partial charge in [-0.15, -0.1) is 0 Å². The molecule has 2 rings (SSSR count). The maximum absolute atomic E-state index is 11.7. The van der Waals surface area contributed by atoms with E-state index in [1.807, 2.05) is 36.4 Å². The highest BCUT2D eigenvalue weighted by atomic mass is 16.1. The first-order valence-electron chi connectivity index (χ1n) is 6.05. The van der Waals surface area contributed by atoms with E-state index in [-0.39, 0.29) is 18.1 Å². The van der Waals surface area contributed by atoms with E-state index in [2.05, 4.69) is 20.6 Å². The van der Waals surface area contributed by atoms with Crippen molar-refractivity contribution >= 4 is 11.7 Å². The topological polar surface area (TPSA) is 90.7 Å². The summed E-state index contributed by atoms with van der Waals surface area (Å²) < 4.78 is 0. The van der Waals surface area contributed by atoms with Crippen LogP contribution in [0.25, 0.3) is 0 Å². The average Bonchev–Trinajstić information content (AvgIpc) is 2.52. The summed E-state index contributed by atoms with van der Waals surface area (Å²) in [5.41, 5.74) is 1.20. The molecule has 1 aromatic heterocycles. The second-order valence-electron chi connectivity index (χ2n) is 3.98. The Balaban J connectivity index is 1.82. The Hall–Kier alpha value is -2.94. The van der Waals surface area contributed by atoms with E-state index in [0.717, 1.165) is 5.56 Å². The number of carbonyl (C=O) groups excluding carboxylic acids is 1. The maximum Gasteiger partial charge on any atom is 0.239 e. The third-order valence-electron chi connectivity index (χ3n) is 2.55. The van der Waals surface area contributed by atoms with E-state index in [1.165, 1.54) is 12.4 Å². The number of hydrogen-bond donors (Lipinski definition) is 2. The highest BCUT2D eigenvalue weighted by Crippen LogP contribution is 2.05. The van der Waals surface area contributed by atoms with Crippen molar-refractivity contribution in [2.24, 2.45) is 0 Å². The molecule has 20 heavy (non-hydrogen) atoms. The summed E-state index contributed by atoms with van der Waals surface area (Å²) in [6.07, 6.45) is 2.89. The van der Waals surface area contributed by atoms with Gasteiger partial charge in [-0.05, 0) is 5.56 Å². The van der Waals surface area contributed by atoms with Crippen LogP contribution in [0.15, 0.2) is 42.7 Å². The zero-order valence-corrected chi connectivity index (χ0v) is 10.7. The molecule has 100 valence electrons. The van der Waals surface area contributed by atoms with Gasteiger partial charge in [0.15, 0.2) is 11.5 Å². The molecule has 0 aliphatic carbocycles. The molecular formula is C14H13N5O. The van der Waals surface area contributed by atoms with Gasteiger partial charge in [0.1, 0.15) is 6.07 Å². The van der Waals surface area contributed by atoms with E-state index in [0.29, 0.717) is 12.4 Å². The Morgan fingerprint density at radius 3 is 2.70 bits per heavy atom. The predicted octanol–water partition coefficient (Wildman–Crippen LogP) is 1.08. The van der Waals surface area contributed by atoms with Crippen LogP contribution in [-0.2, 0) is 11.3 Å². The van der Waals surface area contributed by atoms with Crippen LogP contribution >= 0.6 is 0 Å². The van der Waals surface area contributed by atoms with Gasteiger partial charge in [-0.2, -0.15) is 5.26 Å². The number of rotatable bonds is 5. The Kier molecular flexibility index (Phi) is 4.62. The van der Waals surface area contributed by atoms with Crippen molar-refractivity contribution in [2.45, 2.75) is 6.54 Å². The molecule has 0 saturated carbocycles. The van der Waals surface area contributed by atoms with Gasteiger partial charge in [-0.25, -0.2) is 9.97 Å². The van der Waals surface area contributed by atoms with Crippen molar-refractivity contribution in [1.82, 2.24) is 15.3 Å². The summed E-state index contributed by atoms with van der Waals surface area (Å²) in [7, 11) is 0. The summed E-state index contributed by atoms with van der Waals surface area (Å²) in [5.74, 6) is 0.133. The van der Waals surface area contributed by atoms with E-state index in [9.17, 15) is 4.79 Å². The van der Waals surface area contributed by atoms with Crippen molar-refractivity contribution in [3.63, 3.8) is 0 Å². The fraction of sp³-hybridized carbons (Fsp3) is 0.143. The lowest BCUT2D eigenvalue weighted by atomic mass is 10.2. The van der Waals surface area contributed by atoms with Crippen LogP contribution in [0.4, 0.5) is 5.82 Å².